The second-order valence-corrected chi connectivity index (χ2v) is 9.22. The van der Waals surface area contributed by atoms with Gasteiger partial charge in [-0.05, 0) is 42.7 Å². The van der Waals surface area contributed by atoms with Crippen molar-refractivity contribution in [3.05, 3.63) is 54.1 Å². The number of likely N-dealkylation sites (tertiary alicyclic amines) is 1. The number of amides is 2. The Morgan fingerprint density at radius 2 is 1.73 bits per heavy atom. The van der Waals surface area contributed by atoms with E-state index in [0.29, 0.717) is 51.4 Å². The molecule has 0 aliphatic carbocycles. The van der Waals surface area contributed by atoms with Crippen LogP contribution in [0.4, 0.5) is 0 Å². The van der Waals surface area contributed by atoms with Gasteiger partial charge in [-0.15, -0.1) is 0 Å². The summed E-state index contributed by atoms with van der Waals surface area (Å²) < 4.78 is 16.9. The van der Waals surface area contributed by atoms with Crippen LogP contribution >= 0.6 is 0 Å². The molecule has 2 heterocycles. The van der Waals surface area contributed by atoms with Gasteiger partial charge in [0.15, 0.2) is 18.1 Å². The molecule has 7 nitrogen and oxygen atoms in total. The number of piperidine rings is 1. The quantitative estimate of drug-likeness (QED) is 0.698. The van der Waals surface area contributed by atoms with Crippen molar-refractivity contribution < 1.29 is 23.8 Å². The van der Waals surface area contributed by atoms with E-state index in [9.17, 15) is 9.59 Å². The van der Waals surface area contributed by atoms with Gasteiger partial charge >= 0.3 is 0 Å². The molecule has 0 unspecified atom stereocenters. The van der Waals surface area contributed by atoms with Crippen LogP contribution in [0.1, 0.15) is 32.3 Å². The summed E-state index contributed by atoms with van der Waals surface area (Å²) in [5.74, 6) is 2.12. The van der Waals surface area contributed by atoms with Crippen LogP contribution in [0.3, 0.4) is 0 Å². The van der Waals surface area contributed by atoms with Crippen LogP contribution in [0.25, 0.3) is 0 Å². The minimum Gasteiger partial charge on any atom is -0.486 e. The molecule has 0 atom stereocenters. The van der Waals surface area contributed by atoms with E-state index in [4.69, 9.17) is 14.2 Å². The Hall–Kier alpha value is -3.22. The largest absolute Gasteiger partial charge is 0.486 e. The highest BCUT2D eigenvalue weighted by Crippen LogP contribution is 2.35. The number of rotatable bonds is 7. The van der Waals surface area contributed by atoms with Gasteiger partial charge in [0.1, 0.15) is 19.0 Å². The van der Waals surface area contributed by atoms with E-state index < -0.39 is 0 Å². The van der Waals surface area contributed by atoms with Gasteiger partial charge in [0.05, 0.1) is 0 Å². The van der Waals surface area contributed by atoms with Crippen molar-refractivity contribution in [2.45, 2.75) is 32.1 Å². The summed E-state index contributed by atoms with van der Waals surface area (Å²) in [4.78, 5) is 27.0. The molecular formula is C26H32N2O5. The SMILES string of the molecule is CC(C)(CNC(=O)C1CCN(C(=O)COc2ccccc2)CC1)c1ccc2c(c1)OCCO2. The predicted molar refractivity (Wildman–Crippen MR) is 125 cm³/mol. The molecule has 0 aromatic heterocycles. The first-order valence-electron chi connectivity index (χ1n) is 11.6. The molecule has 0 bridgehead atoms. The summed E-state index contributed by atoms with van der Waals surface area (Å²) in [7, 11) is 0. The number of nitrogens with zero attached hydrogens (tertiary/aromatic N) is 1. The van der Waals surface area contributed by atoms with E-state index in [2.05, 4.69) is 19.2 Å². The molecule has 33 heavy (non-hydrogen) atoms. The maximum Gasteiger partial charge on any atom is 0.260 e. The predicted octanol–water partition coefficient (Wildman–Crippen LogP) is 3.17. The van der Waals surface area contributed by atoms with Crippen molar-refractivity contribution in [3.63, 3.8) is 0 Å². The van der Waals surface area contributed by atoms with Crippen LogP contribution < -0.4 is 19.5 Å². The van der Waals surface area contributed by atoms with E-state index in [-0.39, 0.29) is 29.8 Å². The van der Waals surface area contributed by atoms with E-state index in [1.54, 1.807) is 4.90 Å². The van der Waals surface area contributed by atoms with Crippen LogP contribution in [0.2, 0.25) is 0 Å². The molecule has 1 fully saturated rings. The molecule has 0 radical (unpaired) electrons. The molecule has 0 spiro atoms. The van der Waals surface area contributed by atoms with Gasteiger partial charge in [0.2, 0.25) is 5.91 Å². The number of ether oxygens (including phenoxy) is 3. The number of para-hydroxylation sites is 1. The lowest BCUT2D eigenvalue weighted by Gasteiger charge is -2.32. The number of benzene rings is 2. The fourth-order valence-corrected chi connectivity index (χ4v) is 4.16. The molecule has 176 valence electrons. The smallest absolute Gasteiger partial charge is 0.260 e. The lowest BCUT2D eigenvalue weighted by Crippen LogP contribution is -2.46. The summed E-state index contributed by atoms with van der Waals surface area (Å²) in [6.07, 6.45) is 1.32. The third-order valence-corrected chi connectivity index (χ3v) is 6.35. The van der Waals surface area contributed by atoms with Gasteiger partial charge in [-0.1, -0.05) is 38.1 Å². The summed E-state index contributed by atoms with van der Waals surface area (Å²) in [5.41, 5.74) is 0.836. The third-order valence-electron chi connectivity index (χ3n) is 6.35. The van der Waals surface area contributed by atoms with E-state index in [1.165, 1.54) is 0 Å². The van der Waals surface area contributed by atoms with Gasteiger partial charge in [0.25, 0.3) is 5.91 Å². The molecular weight excluding hydrogens is 420 g/mol. The van der Waals surface area contributed by atoms with Crippen LogP contribution in [-0.2, 0) is 15.0 Å². The summed E-state index contributed by atoms with van der Waals surface area (Å²) >= 11 is 0. The third kappa shape index (κ3) is 5.78. The Balaban J connectivity index is 1.23. The molecule has 7 heteroatoms. The van der Waals surface area contributed by atoms with E-state index in [0.717, 1.165) is 17.1 Å². The maximum absolute atomic E-state index is 12.8. The molecule has 2 aromatic carbocycles. The number of nitrogens with one attached hydrogen (secondary N) is 1. The number of hydrogen-bond donors (Lipinski definition) is 1. The first kappa shape index (κ1) is 23.0. The first-order valence-corrected chi connectivity index (χ1v) is 11.6. The molecule has 1 N–H and O–H groups in total. The summed E-state index contributed by atoms with van der Waals surface area (Å²) in [5, 5.41) is 3.12. The zero-order valence-electron chi connectivity index (χ0n) is 19.3. The second-order valence-electron chi connectivity index (χ2n) is 9.22. The minimum absolute atomic E-state index is 0.0185. The normalized spacial score (nSPS) is 16.2. The zero-order chi connectivity index (χ0) is 23.3. The highest BCUT2D eigenvalue weighted by atomic mass is 16.6. The van der Waals surface area contributed by atoms with Crippen LogP contribution in [0.15, 0.2) is 48.5 Å². The molecule has 2 aromatic rings. The van der Waals surface area contributed by atoms with Crippen molar-refractivity contribution in [2.24, 2.45) is 5.92 Å². The molecule has 1 saturated heterocycles. The van der Waals surface area contributed by atoms with E-state index >= 15 is 0 Å². The van der Waals surface area contributed by atoms with Crippen molar-refractivity contribution >= 4 is 11.8 Å². The Kier molecular flexibility index (Phi) is 7.06. The fraction of sp³-hybridized carbons (Fsp3) is 0.462. The van der Waals surface area contributed by atoms with Crippen molar-refractivity contribution in [3.8, 4) is 17.2 Å². The van der Waals surface area contributed by atoms with Crippen LogP contribution in [-0.4, -0.2) is 56.2 Å². The first-order chi connectivity index (χ1) is 15.9. The maximum atomic E-state index is 12.8. The van der Waals surface area contributed by atoms with Crippen LogP contribution in [0, 0.1) is 5.92 Å². The van der Waals surface area contributed by atoms with E-state index in [1.807, 2.05) is 48.5 Å². The van der Waals surface area contributed by atoms with Gasteiger partial charge in [-0.3, -0.25) is 9.59 Å². The Morgan fingerprint density at radius 3 is 2.45 bits per heavy atom. The zero-order valence-corrected chi connectivity index (χ0v) is 19.3. The minimum atomic E-state index is -0.253. The topological polar surface area (TPSA) is 77.1 Å². The number of carbonyl (C=O) groups excluding carboxylic acids is 2. The number of fused-ring (bicyclic) bond motifs is 1. The van der Waals surface area contributed by atoms with Crippen molar-refractivity contribution in [1.82, 2.24) is 10.2 Å². The average Bonchev–Trinajstić information content (AvgIpc) is 2.86. The van der Waals surface area contributed by atoms with Crippen LogP contribution in [0.5, 0.6) is 17.2 Å². The fourth-order valence-electron chi connectivity index (χ4n) is 4.16. The van der Waals surface area contributed by atoms with Gasteiger partial charge in [-0.2, -0.15) is 0 Å². The van der Waals surface area contributed by atoms with Gasteiger partial charge in [-0.25, -0.2) is 0 Å². The standard InChI is InChI=1S/C26H32N2O5/c1-26(2,20-8-9-22-23(16-20)32-15-14-31-22)18-27-25(30)19-10-12-28(13-11-19)24(29)17-33-21-6-4-3-5-7-21/h3-9,16,19H,10-15,17-18H2,1-2H3,(H,27,30). The molecule has 2 aliphatic rings. The summed E-state index contributed by atoms with van der Waals surface area (Å²) in [6, 6.07) is 15.3. The summed E-state index contributed by atoms with van der Waals surface area (Å²) in [6.45, 7) is 7.00. The van der Waals surface area contributed by atoms with Crippen molar-refractivity contribution in [1.29, 1.82) is 0 Å². The van der Waals surface area contributed by atoms with Gasteiger partial charge < -0.3 is 24.4 Å². The number of hydrogen-bond acceptors (Lipinski definition) is 5. The highest BCUT2D eigenvalue weighted by Gasteiger charge is 2.29. The van der Waals surface area contributed by atoms with Gasteiger partial charge in [0, 0.05) is 31.0 Å². The lowest BCUT2D eigenvalue weighted by atomic mass is 9.84. The Morgan fingerprint density at radius 1 is 1.03 bits per heavy atom. The highest BCUT2D eigenvalue weighted by molar-refractivity contribution is 5.80. The molecule has 2 aliphatic heterocycles. The Bertz CT molecular complexity index is 968. The molecule has 2 amide bonds. The lowest BCUT2D eigenvalue weighted by molar-refractivity contribution is -0.137. The monoisotopic (exact) mass is 452 g/mol. The molecule has 0 saturated carbocycles. The van der Waals surface area contributed by atoms with Crippen molar-refractivity contribution in [2.75, 3.05) is 39.5 Å². The second kappa shape index (κ2) is 10.1. The number of carbonyl (C=O) groups is 2. The molecule has 4 rings (SSSR count). The Labute approximate surface area is 195 Å². The average molecular weight is 453 g/mol.